The molecule has 0 aliphatic heterocycles. The Morgan fingerprint density at radius 1 is 1.00 bits per heavy atom. The summed E-state index contributed by atoms with van der Waals surface area (Å²) >= 11 is 0. The van der Waals surface area contributed by atoms with Crippen LogP contribution >= 0.6 is 0 Å². The molecule has 0 aliphatic carbocycles. The highest BCUT2D eigenvalue weighted by Crippen LogP contribution is 2.27. The van der Waals surface area contributed by atoms with Gasteiger partial charge in [-0.3, -0.25) is 4.79 Å². The van der Waals surface area contributed by atoms with Crippen LogP contribution in [-0.2, 0) is 4.79 Å². The van der Waals surface area contributed by atoms with Crippen LogP contribution < -0.4 is 9.47 Å². The van der Waals surface area contributed by atoms with E-state index in [1.165, 1.54) is 25.7 Å². The molecule has 0 amide bonds. The molecule has 3 heteroatoms. The Kier molecular flexibility index (Phi) is 7.71. The van der Waals surface area contributed by atoms with Gasteiger partial charge in [0.15, 0.2) is 11.5 Å². The van der Waals surface area contributed by atoms with E-state index in [1.807, 2.05) is 18.2 Å². The molecule has 0 saturated carbocycles. The van der Waals surface area contributed by atoms with Gasteiger partial charge in [-0.1, -0.05) is 51.7 Å². The Bertz CT molecular complexity index is 374. The number of ether oxygens (including phenoxy) is 2. The minimum Gasteiger partial charge on any atom is -0.490 e. The number of benzene rings is 1. The molecular weight excluding hydrogens is 240 g/mol. The Balaban J connectivity index is 2.38. The third-order valence-electron chi connectivity index (χ3n) is 2.87. The summed E-state index contributed by atoms with van der Waals surface area (Å²) in [5.41, 5.74) is 0. The molecule has 0 atom stereocenters. The van der Waals surface area contributed by atoms with E-state index >= 15 is 0 Å². The van der Waals surface area contributed by atoms with Gasteiger partial charge in [-0.25, -0.2) is 0 Å². The number of hydrogen-bond acceptors (Lipinski definition) is 3. The summed E-state index contributed by atoms with van der Waals surface area (Å²) in [6.45, 7) is 4.65. The van der Waals surface area contributed by atoms with Crippen molar-refractivity contribution in [2.24, 2.45) is 0 Å². The molecule has 0 N–H and O–H groups in total. The van der Waals surface area contributed by atoms with Crippen molar-refractivity contribution in [1.29, 1.82) is 0 Å². The molecule has 0 aromatic heterocycles. The first-order valence-electron chi connectivity index (χ1n) is 7.20. The fourth-order valence-corrected chi connectivity index (χ4v) is 1.74. The van der Waals surface area contributed by atoms with Gasteiger partial charge >= 0.3 is 5.97 Å². The topological polar surface area (TPSA) is 35.5 Å². The number of esters is 1. The molecule has 0 saturated heterocycles. The van der Waals surface area contributed by atoms with Crippen LogP contribution in [0.3, 0.4) is 0 Å². The predicted molar refractivity (Wildman–Crippen MR) is 76.6 cm³/mol. The standard InChI is InChI=1S/C16H24O3/c1-3-5-6-7-10-13-18-14-11-8-9-12-15(14)19-16(17)4-2/h8-9,11-12H,3-7,10,13H2,1-2H3. The predicted octanol–water partition coefficient (Wildman–Crippen LogP) is 4.35. The molecular formula is C16H24O3. The normalized spacial score (nSPS) is 10.2. The molecule has 0 bridgehead atoms. The monoisotopic (exact) mass is 264 g/mol. The molecule has 0 heterocycles. The molecule has 1 aromatic rings. The van der Waals surface area contributed by atoms with Crippen LogP contribution in [0.1, 0.15) is 52.4 Å². The van der Waals surface area contributed by atoms with Crippen molar-refractivity contribution in [3.05, 3.63) is 24.3 Å². The van der Waals surface area contributed by atoms with Crippen LogP contribution in [0, 0.1) is 0 Å². The van der Waals surface area contributed by atoms with E-state index in [9.17, 15) is 4.79 Å². The van der Waals surface area contributed by atoms with E-state index in [-0.39, 0.29) is 5.97 Å². The van der Waals surface area contributed by atoms with Gasteiger partial charge in [0.1, 0.15) is 0 Å². The fraction of sp³-hybridized carbons (Fsp3) is 0.562. The lowest BCUT2D eigenvalue weighted by Crippen LogP contribution is -2.07. The van der Waals surface area contributed by atoms with Gasteiger partial charge < -0.3 is 9.47 Å². The van der Waals surface area contributed by atoms with Crippen molar-refractivity contribution in [3.63, 3.8) is 0 Å². The smallest absolute Gasteiger partial charge is 0.311 e. The lowest BCUT2D eigenvalue weighted by Gasteiger charge is -2.11. The molecule has 19 heavy (non-hydrogen) atoms. The van der Waals surface area contributed by atoms with Crippen molar-refractivity contribution in [3.8, 4) is 11.5 Å². The second-order valence-corrected chi connectivity index (χ2v) is 4.54. The van der Waals surface area contributed by atoms with Crippen LogP contribution in [0.5, 0.6) is 11.5 Å². The maximum absolute atomic E-state index is 11.3. The third kappa shape index (κ3) is 6.27. The highest BCUT2D eigenvalue weighted by atomic mass is 16.6. The molecule has 106 valence electrons. The average Bonchev–Trinajstić information content (AvgIpc) is 2.44. The van der Waals surface area contributed by atoms with E-state index in [0.29, 0.717) is 24.5 Å². The number of carbonyl (C=O) groups excluding carboxylic acids is 1. The second-order valence-electron chi connectivity index (χ2n) is 4.54. The van der Waals surface area contributed by atoms with Gasteiger partial charge in [-0.05, 0) is 18.6 Å². The fourth-order valence-electron chi connectivity index (χ4n) is 1.74. The number of hydrogen-bond donors (Lipinski definition) is 0. The Morgan fingerprint density at radius 2 is 1.68 bits per heavy atom. The summed E-state index contributed by atoms with van der Waals surface area (Å²) in [6, 6.07) is 7.33. The van der Waals surface area contributed by atoms with E-state index in [2.05, 4.69) is 6.92 Å². The van der Waals surface area contributed by atoms with Crippen molar-refractivity contribution in [2.45, 2.75) is 52.4 Å². The summed E-state index contributed by atoms with van der Waals surface area (Å²) in [5.74, 6) is 0.932. The van der Waals surface area contributed by atoms with Gasteiger partial charge in [0.25, 0.3) is 0 Å². The van der Waals surface area contributed by atoms with Crippen molar-refractivity contribution in [2.75, 3.05) is 6.61 Å². The molecule has 1 rings (SSSR count). The lowest BCUT2D eigenvalue weighted by atomic mass is 10.2. The minimum absolute atomic E-state index is 0.237. The van der Waals surface area contributed by atoms with E-state index in [4.69, 9.17) is 9.47 Å². The number of para-hydroxylation sites is 2. The van der Waals surface area contributed by atoms with Crippen LogP contribution in [0.15, 0.2) is 24.3 Å². The Labute approximate surface area is 115 Å². The maximum Gasteiger partial charge on any atom is 0.311 e. The largest absolute Gasteiger partial charge is 0.490 e. The van der Waals surface area contributed by atoms with Crippen LogP contribution in [-0.4, -0.2) is 12.6 Å². The average molecular weight is 264 g/mol. The molecule has 0 radical (unpaired) electrons. The quantitative estimate of drug-likeness (QED) is 0.378. The lowest BCUT2D eigenvalue weighted by molar-refractivity contribution is -0.134. The van der Waals surface area contributed by atoms with E-state index in [1.54, 1.807) is 13.0 Å². The first-order valence-corrected chi connectivity index (χ1v) is 7.20. The van der Waals surface area contributed by atoms with Gasteiger partial charge in [0, 0.05) is 6.42 Å². The zero-order valence-electron chi connectivity index (χ0n) is 12.0. The molecule has 0 unspecified atom stereocenters. The summed E-state index contributed by atoms with van der Waals surface area (Å²) in [6.07, 6.45) is 6.37. The summed E-state index contributed by atoms with van der Waals surface area (Å²) < 4.78 is 10.9. The van der Waals surface area contributed by atoms with Gasteiger partial charge in [0.2, 0.25) is 0 Å². The molecule has 0 spiro atoms. The minimum atomic E-state index is -0.237. The first kappa shape index (κ1) is 15.5. The van der Waals surface area contributed by atoms with Crippen LogP contribution in [0.4, 0.5) is 0 Å². The Morgan fingerprint density at radius 3 is 2.37 bits per heavy atom. The zero-order chi connectivity index (χ0) is 13.9. The van der Waals surface area contributed by atoms with Crippen LogP contribution in [0.2, 0.25) is 0 Å². The van der Waals surface area contributed by atoms with Gasteiger partial charge in [-0.2, -0.15) is 0 Å². The number of rotatable bonds is 9. The highest BCUT2D eigenvalue weighted by Gasteiger charge is 2.07. The van der Waals surface area contributed by atoms with E-state index < -0.39 is 0 Å². The molecule has 0 fully saturated rings. The highest BCUT2D eigenvalue weighted by molar-refractivity contribution is 5.72. The van der Waals surface area contributed by atoms with Crippen molar-refractivity contribution >= 4 is 5.97 Å². The molecule has 1 aromatic carbocycles. The van der Waals surface area contributed by atoms with E-state index in [0.717, 1.165) is 6.42 Å². The number of carbonyl (C=O) groups is 1. The second kappa shape index (κ2) is 9.42. The van der Waals surface area contributed by atoms with Crippen molar-refractivity contribution < 1.29 is 14.3 Å². The maximum atomic E-state index is 11.3. The summed E-state index contributed by atoms with van der Waals surface area (Å²) in [5, 5.41) is 0. The molecule has 0 aliphatic rings. The first-order chi connectivity index (χ1) is 9.27. The SMILES string of the molecule is CCCCCCCOc1ccccc1OC(=O)CC. The third-order valence-corrected chi connectivity index (χ3v) is 2.87. The Hall–Kier alpha value is -1.51. The molecule has 3 nitrogen and oxygen atoms in total. The van der Waals surface area contributed by atoms with Gasteiger partial charge in [-0.15, -0.1) is 0 Å². The van der Waals surface area contributed by atoms with Crippen molar-refractivity contribution in [1.82, 2.24) is 0 Å². The van der Waals surface area contributed by atoms with Gasteiger partial charge in [0.05, 0.1) is 6.61 Å². The van der Waals surface area contributed by atoms with Crippen LogP contribution in [0.25, 0.3) is 0 Å². The number of unbranched alkanes of at least 4 members (excludes halogenated alkanes) is 4. The zero-order valence-corrected chi connectivity index (χ0v) is 12.0. The summed E-state index contributed by atoms with van der Waals surface area (Å²) in [4.78, 5) is 11.3. The summed E-state index contributed by atoms with van der Waals surface area (Å²) in [7, 11) is 0.